The van der Waals surface area contributed by atoms with Crippen molar-refractivity contribution in [2.75, 3.05) is 5.32 Å². The van der Waals surface area contributed by atoms with Gasteiger partial charge >= 0.3 is 6.09 Å². The number of para-hydroxylation sites is 1. The second-order valence-electron chi connectivity index (χ2n) is 3.76. The lowest BCUT2D eigenvalue weighted by atomic mass is 10.2. The van der Waals surface area contributed by atoms with Crippen LogP contribution in [0.3, 0.4) is 0 Å². The Morgan fingerprint density at radius 1 is 1.26 bits per heavy atom. The molecule has 0 aliphatic heterocycles. The van der Waals surface area contributed by atoms with Crippen molar-refractivity contribution >= 4 is 35.0 Å². The molecule has 0 fully saturated rings. The van der Waals surface area contributed by atoms with Crippen molar-refractivity contribution in [2.24, 2.45) is 0 Å². The van der Waals surface area contributed by atoms with E-state index in [0.29, 0.717) is 17.0 Å². The molecule has 1 amide bonds. The number of aromatic nitrogens is 1. The van der Waals surface area contributed by atoms with Gasteiger partial charge in [-0.3, -0.25) is 5.32 Å². The molecule has 0 aliphatic rings. The Kier molecular flexibility index (Phi) is 4.24. The molecule has 0 unspecified atom stereocenters. The largest absolute Gasteiger partial charge is 0.417 e. The highest BCUT2D eigenvalue weighted by atomic mass is 35.5. The molecule has 4 nitrogen and oxygen atoms in total. The lowest BCUT2D eigenvalue weighted by Gasteiger charge is -2.10. The average molecular weight is 297 g/mol. The third-order valence-electron chi connectivity index (χ3n) is 2.32. The van der Waals surface area contributed by atoms with Gasteiger partial charge in [0.25, 0.3) is 0 Å². The summed E-state index contributed by atoms with van der Waals surface area (Å²) < 4.78 is 5.09. The number of nitrogens with zero attached hydrogens (tertiary/aromatic N) is 1. The van der Waals surface area contributed by atoms with Crippen LogP contribution in [0.2, 0.25) is 10.3 Å². The van der Waals surface area contributed by atoms with Crippen LogP contribution in [0.25, 0.3) is 0 Å². The number of pyridine rings is 1. The maximum atomic E-state index is 11.7. The van der Waals surface area contributed by atoms with Crippen molar-refractivity contribution in [1.82, 2.24) is 4.98 Å². The molecular weight excluding hydrogens is 287 g/mol. The number of aryl methyl sites for hydroxylation is 1. The minimum Gasteiger partial charge on any atom is -0.410 e. The normalized spacial score (nSPS) is 10.1. The molecule has 2 rings (SSSR count). The van der Waals surface area contributed by atoms with Crippen LogP contribution in [0.4, 0.5) is 10.5 Å². The van der Waals surface area contributed by atoms with Gasteiger partial charge in [-0.2, -0.15) is 0 Å². The quantitative estimate of drug-likeness (QED) is 0.840. The van der Waals surface area contributed by atoms with Crippen molar-refractivity contribution < 1.29 is 9.53 Å². The fourth-order valence-electron chi connectivity index (χ4n) is 1.47. The van der Waals surface area contributed by atoms with E-state index in [1.54, 1.807) is 37.3 Å². The number of rotatable bonds is 2. The Labute approximate surface area is 120 Å². The van der Waals surface area contributed by atoms with Crippen molar-refractivity contribution in [1.29, 1.82) is 0 Å². The van der Waals surface area contributed by atoms with E-state index < -0.39 is 6.09 Å². The van der Waals surface area contributed by atoms with Crippen molar-refractivity contribution in [3.05, 3.63) is 52.3 Å². The number of benzene rings is 1. The fraction of sp³-hybridized carbons (Fsp3) is 0.0769. The van der Waals surface area contributed by atoms with Crippen LogP contribution in [0.1, 0.15) is 5.56 Å². The number of carbonyl (C=O) groups excluding carboxylic acids is 1. The summed E-state index contributed by atoms with van der Waals surface area (Å²) in [6, 6.07) is 10.3. The Morgan fingerprint density at radius 3 is 2.58 bits per heavy atom. The first-order valence-electron chi connectivity index (χ1n) is 5.43. The molecule has 0 aliphatic carbocycles. The van der Waals surface area contributed by atoms with Gasteiger partial charge in [0.1, 0.15) is 10.9 Å². The lowest BCUT2D eigenvalue weighted by Crippen LogP contribution is -2.18. The first-order valence-corrected chi connectivity index (χ1v) is 6.18. The molecule has 0 spiro atoms. The lowest BCUT2D eigenvalue weighted by molar-refractivity contribution is 0.215. The van der Waals surface area contributed by atoms with E-state index in [0.717, 1.165) is 0 Å². The summed E-state index contributed by atoms with van der Waals surface area (Å²) in [5.74, 6) is 0.440. The van der Waals surface area contributed by atoms with Crippen molar-refractivity contribution in [2.45, 2.75) is 6.92 Å². The number of carbonyl (C=O) groups is 1. The highest BCUT2D eigenvalue weighted by Gasteiger charge is 2.12. The van der Waals surface area contributed by atoms with Gasteiger partial charge in [0, 0.05) is 0 Å². The molecule has 98 valence electrons. The Bertz CT molecular complexity index is 580. The van der Waals surface area contributed by atoms with Gasteiger partial charge in [0.05, 0.1) is 5.69 Å². The molecule has 0 radical (unpaired) electrons. The van der Waals surface area contributed by atoms with Crippen molar-refractivity contribution in [3.63, 3.8) is 0 Å². The summed E-state index contributed by atoms with van der Waals surface area (Å²) >= 11 is 11.7. The highest BCUT2D eigenvalue weighted by molar-refractivity contribution is 6.34. The van der Waals surface area contributed by atoms with Gasteiger partial charge in [0.2, 0.25) is 0 Å². The van der Waals surface area contributed by atoms with Crippen LogP contribution in [-0.2, 0) is 0 Å². The van der Waals surface area contributed by atoms with Gasteiger partial charge in [-0.15, -0.1) is 0 Å². The summed E-state index contributed by atoms with van der Waals surface area (Å²) in [6.07, 6.45) is -0.639. The monoisotopic (exact) mass is 296 g/mol. The maximum Gasteiger partial charge on any atom is 0.417 e. The van der Waals surface area contributed by atoms with Crippen LogP contribution in [0, 0.1) is 6.92 Å². The second-order valence-corrected chi connectivity index (χ2v) is 4.50. The number of hydrogen-bond acceptors (Lipinski definition) is 3. The van der Waals surface area contributed by atoms with E-state index >= 15 is 0 Å². The number of amides is 1. The van der Waals surface area contributed by atoms with Crippen LogP contribution in [0.15, 0.2) is 36.4 Å². The highest BCUT2D eigenvalue weighted by Crippen LogP contribution is 2.26. The van der Waals surface area contributed by atoms with E-state index in [4.69, 9.17) is 27.9 Å². The minimum atomic E-state index is -0.639. The third kappa shape index (κ3) is 3.59. The SMILES string of the molecule is Cc1cc(Cl)nc(Cl)c1NC(=O)Oc1ccccc1. The number of halogens is 2. The molecule has 2 aromatic rings. The summed E-state index contributed by atoms with van der Waals surface area (Å²) in [7, 11) is 0. The summed E-state index contributed by atoms with van der Waals surface area (Å²) in [5.41, 5.74) is 1.09. The number of ether oxygens (including phenoxy) is 1. The van der Waals surface area contributed by atoms with Crippen LogP contribution in [0.5, 0.6) is 5.75 Å². The van der Waals surface area contributed by atoms with Crippen LogP contribution >= 0.6 is 23.2 Å². The molecule has 0 atom stereocenters. The molecule has 1 aromatic heterocycles. The van der Waals surface area contributed by atoms with Gasteiger partial charge in [0.15, 0.2) is 5.15 Å². The van der Waals surface area contributed by atoms with E-state index in [2.05, 4.69) is 10.3 Å². The van der Waals surface area contributed by atoms with Gasteiger partial charge in [-0.25, -0.2) is 9.78 Å². The second kappa shape index (κ2) is 5.91. The molecule has 0 bridgehead atoms. The Morgan fingerprint density at radius 2 is 1.95 bits per heavy atom. The number of hydrogen-bond donors (Lipinski definition) is 1. The van der Waals surface area contributed by atoms with Gasteiger partial charge < -0.3 is 4.74 Å². The fourth-order valence-corrected chi connectivity index (χ4v) is 2.05. The zero-order chi connectivity index (χ0) is 13.8. The summed E-state index contributed by atoms with van der Waals surface area (Å²) in [4.78, 5) is 15.6. The summed E-state index contributed by atoms with van der Waals surface area (Å²) in [6.45, 7) is 1.76. The minimum absolute atomic E-state index is 0.120. The molecule has 0 saturated carbocycles. The topological polar surface area (TPSA) is 51.2 Å². The first-order chi connectivity index (χ1) is 9.06. The summed E-state index contributed by atoms with van der Waals surface area (Å²) in [5, 5.41) is 2.93. The molecular formula is C13H10Cl2N2O2. The number of anilines is 1. The van der Waals surface area contributed by atoms with Gasteiger partial charge in [-0.05, 0) is 30.7 Å². The van der Waals surface area contributed by atoms with Crippen molar-refractivity contribution in [3.8, 4) is 5.75 Å². The van der Waals surface area contributed by atoms with E-state index in [9.17, 15) is 4.79 Å². The van der Waals surface area contributed by atoms with Gasteiger partial charge in [-0.1, -0.05) is 41.4 Å². The Hall–Kier alpha value is -1.78. The van der Waals surface area contributed by atoms with E-state index in [1.165, 1.54) is 0 Å². The smallest absolute Gasteiger partial charge is 0.410 e. The molecule has 6 heteroatoms. The molecule has 19 heavy (non-hydrogen) atoms. The average Bonchev–Trinajstić information content (AvgIpc) is 2.35. The van der Waals surface area contributed by atoms with E-state index in [1.807, 2.05) is 6.07 Å². The van der Waals surface area contributed by atoms with Crippen LogP contribution in [-0.4, -0.2) is 11.1 Å². The zero-order valence-corrected chi connectivity index (χ0v) is 11.5. The van der Waals surface area contributed by atoms with E-state index in [-0.39, 0.29) is 10.3 Å². The standard InChI is InChI=1S/C13H10Cl2N2O2/c1-8-7-10(14)16-12(15)11(8)17-13(18)19-9-5-3-2-4-6-9/h2-7H,1H3,(H,17,18). The Balaban J connectivity index is 2.12. The molecule has 0 saturated heterocycles. The molecule has 1 N–H and O–H groups in total. The predicted octanol–water partition coefficient (Wildman–Crippen LogP) is 4.31. The zero-order valence-electron chi connectivity index (χ0n) is 9.98. The first kappa shape index (κ1) is 13.6. The molecule has 1 heterocycles. The number of nitrogens with one attached hydrogen (secondary N) is 1. The molecule has 1 aromatic carbocycles. The maximum absolute atomic E-state index is 11.7. The third-order valence-corrected chi connectivity index (χ3v) is 2.79. The predicted molar refractivity (Wildman–Crippen MR) is 75.1 cm³/mol. The van der Waals surface area contributed by atoms with Crippen LogP contribution < -0.4 is 10.1 Å².